The lowest BCUT2D eigenvalue weighted by Gasteiger charge is -2.31. The Morgan fingerprint density at radius 1 is 1.35 bits per heavy atom. The second kappa shape index (κ2) is 6.88. The van der Waals surface area contributed by atoms with E-state index >= 15 is 4.39 Å². The molecule has 160 valence electrons. The van der Waals surface area contributed by atoms with E-state index in [4.69, 9.17) is 10.5 Å². The minimum atomic E-state index is -1.89. The van der Waals surface area contributed by atoms with E-state index < -0.39 is 11.6 Å². The summed E-state index contributed by atoms with van der Waals surface area (Å²) in [6.07, 6.45) is 1.86. The number of nitrogens with zero attached hydrogens (tertiary/aromatic N) is 2. The van der Waals surface area contributed by atoms with Crippen LogP contribution in [0.15, 0.2) is 27.9 Å². The molecule has 0 radical (unpaired) electrons. The van der Waals surface area contributed by atoms with Crippen molar-refractivity contribution < 1.29 is 19.0 Å². The number of pyridine rings is 2. The van der Waals surface area contributed by atoms with Crippen LogP contribution in [0.1, 0.15) is 35.6 Å². The van der Waals surface area contributed by atoms with Crippen molar-refractivity contribution in [3.05, 3.63) is 56.6 Å². The van der Waals surface area contributed by atoms with Gasteiger partial charge in [-0.25, -0.2) is 14.2 Å². The highest BCUT2D eigenvalue weighted by Crippen LogP contribution is 2.41. The van der Waals surface area contributed by atoms with Crippen molar-refractivity contribution in [3.8, 4) is 11.4 Å². The molecule has 31 heavy (non-hydrogen) atoms. The van der Waals surface area contributed by atoms with Crippen LogP contribution in [0.2, 0.25) is 0 Å². The third-order valence-electron chi connectivity index (χ3n) is 6.29. The van der Waals surface area contributed by atoms with E-state index in [9.17, 15) is 14.7 Å². The molecule has 0 saturated carbocycles. The third-order valence-corrected chi connectivity index (χ3v) is 7.05. The smallest absolute Gasteiger partial charge is 0.343 e. The van der Waals surface area contributed by atoms with Gasteiger partial charge in [-0.1, -0.05) is 6.92 Å². The van der Waals surface area contributed by atoms with Crippen molar-refractivity contribution in [2.75, 3.05) is 6.26 Å². The lowest BCUT2D eigenvalue weighted by atomic mass is 9.86. The number of hydrogen-bond acceptors (Lipinski definition) is 7. The Kier molecular flexibility index (Phi) is 4.47. The van der Waals surface area contributed by atoms with Crippen LogP contribution in [0.3, 0.4) is 0 Å². The molecule has 0 spiro atoms. The van der Waals surface area contributed by atoms with E-state index in [-0.39, 0.29) is 48.6 Å². The number of aromatic nitrogens is 2. The topological polar surface area (TPSA) is 107 Å². The molecule has 5 rings (SSSR count). The lowest BCUT2D eigenvalue weighted by Crippen LogP contribution is -2.44. The van der Waals surface area contributed by atoms with Gasteiger partial charge in [0.05, 0.1) is 29.0 Å². The number of aliphatic hydroxyl groups is 1. The van der Waals surface area contributed by atoms with Gasteiger partial charge in [0.2, 0.25) is 0 Å². The van der Waals surface area contributed by atoms with E-state index in [0.717, 1.165) is 0 Å². The van der Waals surface area contributed by atoms with E-state index in [2.05, 4.69) is 4.98 Å². The van der Waals surface area contributed by atoms with Crippen molar-refractivity contribution in [1.29, 1.82) is 0 Å². The molecule has 0 aliphatic carbocycles. The number of nitrogens with two attached hydrogens (primary N) is 1. The summed E-state index contributed by atoms with van der Waals surface area (Å²) in [5.41, 5.74) is 7.00. The molecule has 0 unspecified atom stereocenters. The fourth-order valence-corrected chi connectivity index (χ4v) is 5.07. The first-order chi connectivity index (χ1) is 14.8. The van der Waals surface area contributed by atoms with Crippen LogP contribution in [-0.2, 0) is 34.8 Å². The van der Waals surface area contributed by atoms with Gasteiger partial charge in [0.1, 0.15) is 12.4 Å². The number of cyclic esters (lactones) is 1. The summed E-state index contributed by atoms with van der Waals surface area (Å²) in [4.78, 5) is 30.7. The number of thioether (sulfide) groups is 1. The molecule has 4 heterocycles. The second-order valence-electron chi connectivity index (χ2n) is 7.70. The number of fused-ring (bicyclic) bond motifs is 5. The van der Waals surface area contributed by atoms with Gasteiger partial charge in [0.15, 0.2) is 5.60 Å². The number of benzene rings is 1. The molecule has 9 heteroatoms. The zero-order valence-electron chi connectivity index (χ0n) is 17.0. The van der Waals surface area contributed by atoms with E-state index in [0.29, 0.717) is 38.3 Å². The first kappa shape index (κ1) is 20.2. The number of ether oxygens (including phenoxy) is 1. The summed E-state index contributed by atoms with van der Waals surface area (Å²) < 4.78 is 21.8. The average Bonchev–Trinajstić information content (AvgIpc) is 3.14. The van der Waals surface area contributed by atoms with Gasteiger partial charge in [0.25, 0.3) is 5.56 Å². The molecule has 0 bridgehead atoms. The lowest BCUT2D eigenvalue weighted by molar-refractivity contribution is -0.172. The van der Waals surface area contributed by atoms with E-state index in [1.54, 1.807) is 31.4 Å². The van der Waals surface area contributed by atoms with Crippen LogP contribution >= 0.6 is 11.8 Å². The summed E-state index contributed by atoms with van der Waals surface area (Å²) in [7, 11) is 0. The zero-order valence-corrected chi connectivity index (χ0v) is 17.8. The molecule has 0 fully saturated rings. The largest absolute Gasteiger partial charge is 0.458 e. The molecule has 2 aliphatic rings. The zero-order chi connectivity index (χ0) is 22.1. The van der Waals surface area contributed by atoms with Gasteiger partial charge in [-0.2, -0.15) is 0 Å². The quantitative estimate of drug-likeness (QED) is 0.371. The summed E-state index contributed by atoms with van der Waals surface area (Å²) >= 11 is 1.30. The monoisotopic (exact) mass is 441 g/mol. The first-order valence-electron chi connectivity index (χ1n) is 9.90. The summed E-state index contributed by atoms with van der Waals surface area (Å²) in [5, 5.41) is 11.3. The van der Waals surface area contributed by atoms with Crippen molar-refractivity contribution in [1.82, 2.24) is 9.55 Å². The van der Waals surface area contributed by atoms with Crippen LogP contribution < -0.4 is 11.3 Å². The Morgan fingerprint density at radius 3 is 2.81 bits per heavy atom. The first-order valence-corrected chi connectivity index (χ1v) is 11.1. The van der Waals surface area contributed by atoms with E-state index in [1.807, 2.05) is 0 Å². The van der Waals surface area contributed by atoms with Crippen molar-refractivity contribution >= 4 is 28.6 Å². The minimum Gasteiger partial charge on any atom is -0.458 e. The molecule has 7 nitrogen and oxygen atoms in total. The summed E-state index contributed by atoms with van der Waals surface area (Å²) in [6.45, 7) is 1.73. The third kappa shape index (κ3) is 2.57. The van der Waals surface area contributed by atoms with Gasteiger partial charge in [-0.15, -0.1) is 11.8 Å². The van der Waals surface area contributed by atoms with Crippen LogP contribution in [0, 0.1) is 5.82 Å². The second-order valence-corrected chi connectivity index (χ2v) is 8.55. The maximum atomic E-state index is 15.2. The van der Waals surface area contributed by atoms with E-state index in [1.165, 1.54) is 16.3 Å². The molecule has 1 aromatic carbocycles. The standard InChI is InChI=1S/C22H20FN3O4S/c1-3-22(29)13-6-15-19-11(8-26(15)20(27)12(13)9-30-21(22)28)10(7-24)17-14(25-19)4-5-16(31-2)18(17)23/h4-6,29H,3,7-9,24H2,1-2H3/t22-/m0/s1. The highest BCUT2D eigenvalue weighted by atomic mass is 32.2. The highest BCUT2D eigenvalue weighted by molar-refractivity contribution is 7.98. The number of halogens is 1. The number of rotatable bonds is 3. The van der Waals surface area contributed by atoms with Crippen LogP contribution in [-0.4, -0.2) is 26.9 Å². The van der Waals surface area contributed by atoms with Crippen molar-refractivity contribution in [2.45, 2.75) is 43.5 Å². The van der Waals surface area contributed by atoms with Gasteiger partial charge >= 0.3 is 5.97 Å². The molecule has 0 saturated heterocycles. The number of carbonyl (C=O) groups excluding carboxylic acids is 1. The Hall–Kier alpha value is -2.75. The van der Waals surface area contributed by atoms with Gasteiger partial charge < -0.3 is 20.1 Å². The molecule has 2 aromatic heterocycles. The number of hydrogen-bond donors (Lipinski definition) is 2. The Labute approximate surface area is 181 Å². The van der Waals surface area contributed by atoms with Crippen LogP contribution in [0.25, 0.3) is 22.3 Å². The normalized spacial score (nSPS) is 19.2. The Bertz CT molecular complexity index is 1350. The maximum Gasteiger partial charge on any atom is 0.343 e. The fraction of sp³-hybridized carbons (Fsp3) is 0.318. The predicted molar refractivity (Wildman–Crippen MR) is 114 cm³/mol. The van der Waals surface area contributed by atoms with Crippen molar-refractivity contribution in [3.63, 3.8) is 0 Å². The predicted octanol–water partition coefficient (Wildman–Crippen LogP) is 2.40. The Balaban J connectivity index is 1.84. The highest BCUT2D eigenvalue weighted by Gasteiger charge is 2.45. The molecule has 3 aromatic rings. The SMILES string of the molecule is CC[C@@]1(O)C(=O)OCc2c1cc1n(c2=O)Cc2c-1nc1ccc(SC)c(F)c1c2CN. The average molecular weight is 441 g/mol. The molecule has 1 atom stereocenters. The van der Waals surface area contributed by atoms with Crippen LogP contribution in [0.4, 0.5) is 4.39 Å². The molecular weight excluding hydrogens is 421 g/mol. The Morgan fingerprint density at radius 2 is 2.13 bits per heavy atom. The fourth-order valence-electron chi connectivity index (χ4n) is 4.58. The van der Waals surface area contributed by atoms with Gasteiger partial charge in [-0.05, 0) is 36.4 Å². The van der Waals surface area contributed by atoms with Gasteiger partial charge in [0, 0.05) is 28.0 Å². The van der Waals surface area contributed by atoms with Crippen LogP contribution in [0.5, 0.6) is 0 Å². The minimum absolute atomic E-state index is 0.0659. The molecular formula is C22H20FN3O4S. The number of esters is 1. The molecule has 2 aliphatic heterocycles. The molecule has 0 amide bonds. The number of carbonyl (C=O) groups is 1. The summed E-state index contributed by atoms with van der Waals surface area (Å²) in [6, 6.07) is 5.05. The van der Waals surface area contributed by atoms with Gasteiger partial charge in [-0.3, -0.25) is 4.79 Å². The molecule has 3 N–H and O–H groups in total. The maximum absolute atomic E-state index is 15.2. The summed E-state index contributed by atoms with van der Waals surface area (Å²) in [5.74, 6) is -1.14. The van der Waals surface area contributed by atoms with Crippen molar-refractivity contribution in [2.24, 2.45) is 5.73 Å².